The summed E-state index contributed by atoms with van der Waals surface area (Å²) in [5.74, 6) is 0. The zero-order chi connectivity index (χ0) is 15.0. The van der Waals surface area contributed by atoms with Gasteiger partial charge in [-0.05, 0) is 58.7 Å². The zero-order valence-electron chi connectivity index (χ0n) is 13.8. The van der Waals surface area contributed by atoms with Crippen molar-refractivity contribution >= 4 is 0 Å². The van der Waals surface area contributed by atoms with Crippen molar-refractivity contribution in [1.82, 2.24) is 15.1 Å². The van der Waals surface area contributed by atoms with E-state index in [9.17, 15) is 0 Å². The summed E-state index contributed by atoms with van der Waals surface area (Å²) in [6.07, 6.45) is 1.10. The molecule has 114 valence electrons. The molecule has 1 atom stereocenters. The summed E-state index contributed by atoms with van der Waals surface area (Å²) in [7, 11) is 6.30. The molecule has 3 heteroatoms. The Morgan fingerprint density at radius 2 is 1.80 bits per heavy atom. The quantitative estimate of drug-likeness (QED) is 0.747. The Labute approximate surface area is 125 Å². The van der Waals surface area contributed by atoms with Crippen LogP contribution in [0.25, 0.3) is 0 Å². The molecule has 0 fully saturated rings. The van der Waals surface area contributed by atoms with E-state index in [-0.39, 0.29) is 0 Å². The van der Waals surface area contributed by atoms with Gasteiger partial charge in [0, 0.05) is 19.1 Å². The van der Waals surface area contributed by atoms with Crippen molar-refractivity contribution in [2.45, 2.75) is 32.9 Å². The highest BCUT2D eigenvalue weighted by molar-refractivity contribution is 5.27. The second-order valence-electron chi connectivity index (χ2n) is 5.80. The predicted molar refractivity (Wildman–Crippen MR) is 88.2 cm³/mol. The van der Waals surface area contributed by atoms with Crippen LogP contribution < -0.4 is 5.32 Å². The van der Waals surface area contributed by atoms with E-state index in [4.69, 9.17) is 0 Å². The molecular weight excluding hydrogens is 246 g/mol. The summed E-state index contributed by atoms with van der Waals surface area (Å²) in [5.41, 5.74) is 2.94. The van der Waals surface area contributed by atoms with Crippen molar-refractivity contribution in [3.8, 4) is 0 Å². The van der Waals surface area contributed by atoms with Crippen LogP contribution in [0.15, 0.2) is 24.3 Å². The minimum atomic E-state index is 0.576. The summed E-state index contributed by atoms with van der Waals surface area (Å²) in [6, 6.07) is 9.41. The Morgan fingerprint density at radius 1 is 1.15 bits per heavy atom. The average molecular weight is 277 g/mol. The molecule has 1 rings (SSSR count). The molecule has 1 aromatic rings. The lowest BCUT2D eigenvalue weighted by Crippen LogP contribution is -2.39. The summed E-state index contributed by atoms with van der Waals surface area (Å²) < 4.78 is 0. The lowest BCUT2D eigenvalue weighted by atomic mass is 10.0. The molecule has 1 unspecified atom stereocenters. The minimum absolute atomic E-state index is 0.576. The van der Waals surface area contributed by atoms with Crippen LogP contribution in [-0.2, 0) is 13.0 Å². The highest BCUT2D eigenvalue weighted by atomic mass is 15.2. The smallest absolute Gasteiger partial charge is 0.0239 e. The first-order valence-corrected chi connectivity index (χ1v) is 7.68. The van der Waals surface area contributed by atoms with Crippen LogP contribution in [0.2, 0.25) is 0 Å². The maximum absolute atomic E-state index is 3.24. The summed E-state index contributed by atoms with van der Waals surface area (Å²) >= 11 is 0. The van der Waals surface area contributed by atoms with Crippen LogP contribution in [0.5, 0.6) is 0 Å². The zero-order valence-corrected chi connectivity index (χ0v) is 13.8. The van der Waals surface area contributed by atoms with Crippen molar-refractivity contribution in [3.63, 3.8) is 0 Å². The largest absolute Gasteiger partial charge is 0.319 e. The minimum Gasteiger partial charge on any atom is -0.319 e. The third kappa shape index (κ3) is 5.61. The maximum atomic E-state index is 3.24. The van der Waals surface area contributed by atoms with Crippen LogP contribution >= 0.6 is 0 Å². The number of nitrogens with zero attached hydrogens (tertiary/aromatic N) is 2. The van der Waals surface area contributed by atoms with Crippen molar-refractivity contribution in [2.24, 2.45) is 0 Å². The molecule has 0 aliphatic carbocycles. The number of hydrogen-bond donors (Lipinski definition) is 1. The number of hydrogen-bond acceptors (Lipinski definition) is 3. The van der Waals surface area contributed by atoms with Crippen LogP contribution in [0.3, 0.4) is 0 Å². The van der Waals surface area contributed by atoms with E-state index < -0.39 is 0 Å². The molecule has 0 heterocycles. The van der Waals surface area contributed by atoms with Gasteiger partial charge in [-0.25, -0.2) is 0 Å². The van der Waals surface area contributed by atoms with E-state index in [0.717, 1.165) is 32.6 Å². The number of rotatable bonds is 9. The van der Waals surface area contributed by atoms with Gasteiger partial charge in [0.05, 0.1) is 0 Å². The summed E-state index contributed by atoms with van der Waals surface area (Å²) in [4.78, 5) is 4.82. The van der Waals surface area contributed by atoms with E-state index >= 15 is 0 Å². The van der Waals surface area contributed by atoms with Gasteiger partial charge in [0.15, 0.2) is 0 Å². The Balaban J connectivity index is 2.73. The van der Waals surface area contributed by atoms with Gasteiger partial charge >= 0.3 is 0 Å². The molecule has 0 saturated carbocycles. The van der Waals surface area contributed by atoms with E-state index in [1.165, 1.54) is 11.1 Å². The van der Waals surface area contributed by atoms with E-state index in [1.54, 1.807) is 0 Å². The molecule has 0 saturated heterocycles. The number of nitrogens with one attached hydrogen (secondary N) is 1. The number of likely N-dealkylation sites (N-methyl/N-ethyl adjacent to an activating group) is 3. The van der Waals surface area contributed by atoms with Gasteiger partial charge in [-0.2, -0.15) is 0 Å². The standard InChI is InChI=1S/C17H31N3/c1-6-20(15(2)13-19(4)5)14-17-10-8-7-9-16(17)11-12-18-3/h7-10,15,18H,6,11-14H2,1-5H3. The normalized spacial score (nSPS) is 13.2. The Hall–Kier alpha value is -0.900. The van der Waals surface area contributed by atoms with E-state index in [2.05, 4.69) is 67.3 Å². The van der Waals surface area contributed by atoms with E-state index in [0.29, 0.717) is 6.04 Å². The SMILES string of the molecule is CCN(Cc1ccccc1CCNC)C(C)CN(C)C. The molecule has 3 nitrogen and oxygen atoms in total. The van der Waals surface area contributed by atoms with Crippen LogP contribution in [0.4, 0.5) is 0 Å². The van der Waals surface area contributed by atoms with Gasteiger partial charge in [-0.3, -0.25) is 4.90 Å². The molecule has 0 amide bonds. The van der Waals surface area contributed by atoms with Crippen LogP contribution in [0.1, 0.15) is 25.0 Å². The van der Waals surface area contributed by atoms with Crippen molar-refractivity contribution in [3.05, 3.63) is 35.4 Å². The molecule has 20 heavy (non-hydrogen) atoms. The highest BCUT2D eigenvalue weighted by Gasteiger charge is 2.14. The first kappa shape index (κ1) is 17.2. The Morgan fingerprint density at radius 3 is 2.35 bits per heavy atom. The molecule has 0 aromatic heterocycles. The Bertz CT molecular complexity index is 376. The second kappa shape index (κ2) is 9.11. The molecule has 1 N–H and O–H groups in total. The van der Waals surface area contributed by atoms with Crippen LogP contribution in [0, 0.1) is 0 Å². The molecule has 1 aromatic carbocycles. The fourth-order valence-corrected chi connectivity index (χ4v) is 2.66. The van der Waals surface area contributed by atoms with Crippen LogP contribution in [-0.4, -0.2) is 56.6 Å². The molecular formula is C17H31N3. The van der Waals surface area contributed by atoms with Gasteiger partial charge in [0.2, 0.25) is 0 Å². The third-order valence-corrected chi connectivity index (χ3v) is 3.80. The van der Waals surface area contributed by atoms with Gasteiger partial charge in [-0.1, -0.05) is 31.2 Å². The fraction of sp³-hybridized carbons (Fsp3) is 0.647. The molecule has 0 bridgehead atoms. The van der Waals surface area contributed by atoms with Gasteiger partial charge < -0.3 is 10.2 Å². The predicted octanol–water partition coefficient (Wildman–Crippen LogP) is 2.22. The molecule has 0 aliphatic rings. The fourth-order valence-electron chi connectivity index (χ4n) is 2.66. The topological polar surface area (TPSA) is 18.5 Å². The average Bonchev–Trinajstić information content (AvgIpc) is 2.42. The third-order valence-electron chi connectivity index (χ3n) is 3.80. The van der Waals surface area contributed by atoms with Gasteiger partial charge in [0.1, 0.15) is 0 Å². The summed E-state index contributed by atoms with van der Waals surface area (Å²) in [5, 5.41) is 3.24. The molecule has 0 radical (unpaired) electrons. The Kier molecular flexibility index (Phi) is 7.82. The maximum Gasteiger partial charge on any atom is 0.0239 e. The number of benzene rings is 1. The van der Waals surface area contributed by atoms with E-state index in [1.807, 2.05) is 7.05 Å². The summed E-state index contributed by atoms with van der Waals surface area (Å²) in [6.45, 7) is 8.85. The van der Waals surface area contributed by atoms with Gasteiger partial charge in [0.25, 0.3) is 0 Å². The van der Waals surface area contributed by atoms with Crippen molar-refractivity contribution < 1.29 is 0 Å². The lowest BCUT2D eigenvalue weighted by molar-refractivity contribution is 0.174. The second-order valence-corrected chi connectivity index (χ2v) is 5.80. The van der Waals surface area contributed by atoms with Gasteiger partial charge in [-0.15, -0.1) is 0 Å². The lowest BCUT2D eigenvalue weighted by Gasteiger charge is -2.30. The van der Waals surface area contributed by atoms with Crippen molar-refractivity contribution in [1.29, 1.82) is 0 Å². The highest BCUT2D eigenvalue weighted by Crippen LogP contribution is 2.14. The first-order chi connectivity index (χ1) is 9.58. The molecule has 0 aliphatic heterocycles. The first-order valence-electron chi connectivity index (χ1n) is 7.68. The molecule has 0 spiro atoms. The monoisotopic (exact) mass is 277 g/mol. The van der Waals surface area contributed by atoms with Crippen molar-refractivity contribution in [2.75, 3.05) is 40.8 Å².